The summed E-state index contributed by atoms with van der Waals surface area (Å²) in [5.41, 5.74) is 3.45. The number of amides is 1. The van der Waals surface area contributed by atoms with Gasteiger partial charge in [0.05, 0.1) is 11.4 Å². The van der Waals surface area contributed by atoms with Crippen LogP contribution >= 0.6 is 0 Å². The van der Waals surface area contributed by atoms with E-state index < -0.39 is 0 Å². The second-order valence-corrected chi connectivity index (χ2v) is 6.61. The zero-order valence-electron chi connectivity index (χ0n) is 15.3. The molecule has 0 aliphatic heterocycles. The molecule has 0 radical (unpaired) electrons. The molecule has 7 heteroatoms. The molecular formula is C21H19FN4O2. The van der Waals surface area contributed by atoms with Gasteiger partial charge in [-0.1, -0.05) is 11.2 Å². The van der Waals surface area contributed by atoms with Gasteiger partial charge in [-0.25, -0.2) is 4.39 Å². The lowest BCUT2D eigenvalue weighted by atomic mass is 10.0. The zero-order valence-corrected chi connectivity index (χ0v) is 15.3. The van der Waals surface area contributed by atoms with E-state index in [4.69, 9.17) is 4.52 Å². The molecule has 0 saturated heterocycles. The average Bonchev–Trinajstić information content (AvgIpc) is 3.26. The van der Waals surface area contributed by atoms with Crippen LogP contribution in [-0.4, -0.2) is 21.0 Å². The predicted octanol–water partition coefficient (Wildman–Crippen LogP) is 4.63. The Labute approximate surface area is 160 Å². The summed E-state index contributed by atoms with van der Waals surface area (Å²) in [6.07, 6.45) is 3.25. The molecule has 3 heterocycles. The minimum absolute atomic E-state index is 0.140. The molecule has 0 bridgehead atoms. The maximum atomic E-state index is 13.8. The lowest BCUT2D eigenvalue weighted by Gasteiger charge is -2.05. The third-order valence-corrected chi connectivity index (χ3v) is 4.52. The number of aromatic nitrogens is 3. The number of rotatable bonds is 6. The van der Waals surface area contributed by atoms with E-state index in [0.717, 1.165) is 27.9 Å². The summed E-state index contributed by atoms with van der Waals surface area (Å²) in [5.74, 6) is 0.611. The fourth-order valence-corrected chi connectivity index (χ4v) is 3.27. The number of carbonyl (C=O) groups is 1. The number of hydrogen-bond donors (Lipinski definition) is 2. The number of H-pyrrole nitrogens is 1. The van der Waals surface area contributed by atoms with Gasteiger partial charge in [-0.05, 0) is 55.7 Å². The Balaban J connectivity index is 1.53. The first-order valence-electron chi connectivity index (χ1n) is 9.05. The normalized spacial score (nSPS) is 11.1. The molecule has 3 aromatic heterocycles. The monoisotopic (exact) mass is 378 g/mol. The first-order chi connectivity index (χ1) is 13.6. The largest absolute Gasteiger partial charge is 0.360 e. The topological polar surface area (TPSA) is 83.8 Å². The number of anilines is 1. The Hall–Kier alpha value is -3.48. The van der Waals surface area contributed by atoms with E-state index in [1.807, 2.05) is 18.2 Å². The Morgan fingerprint density at radius 1 is 1.25 bits per heavy atom. The number of halogens is 1. The van der Waals surface area contributed by atoms with Crippen molar-refractivity contribution in [2.45, 2.75) is 26.2 Å². The van der Waals surface area contributed by atoms with Crippen LogP contribution in [0.2, 0.25) is 0 Å². The quantitative estimate of drug-likeness (QED) is 0.512. The zero-order chi connectivity index (χ0) is 19.5. The van der Waals surface area contributed by atoms with E-state index in [1.165, 1.54) is 12.1 Å². The van der Waals surface area contributed by atoms with Crippen LogP contribution in [0.4, 0.5) is 10.2 Å². The van der Waals surface area contributed by atoms with Gasteiger partial charge in [0.2, 0.25) is 5.91 Å². The number of hydrogen-bond acceptors (Lipinski definition) is 4. The van der Waals surface area contributed by atoms with Gasteiger partial charge in [-0.3, -0.25) is 9.78 Å². The highest BCUT2D eigenvalue weighted by Crippen LogP contribution is 2.31. The first-order valence-corrected chi connectivity index (χ1v) is 9.05. The smallest absolute Gasteiger partial charge is 0.225 e. The van der Waals surface area contributed by atoms with Crippen LogP contribution in [0.25, 0.3) is 22.3 Å². The van der Waals surface area contributed by atoms with Crippen LogP contribution < -0.4 is 5.32 Å². The molecule has 0 aliphatic rings. The molecule has 1 amide bonds. The molecule has 4 rings (SSSR count). The molecule has 2 N–H and O–H groups in total. The Morgan fingerprint density at radius 2 is 2.14 bits per heavy atom. The SMILES string of the molecule is Cc1cc(NC(=O)CCCc2c(-c3ccccn3)[nH]c3ccc(F)cc23)no1. The number of nitrogens with zero attached hydrogens (tertiary/aromatic N) is 2. The summed E-state index contributed by atoms with van der Waals surface area (Å²) in [7, 11) is 0. The fourth-order valence-electron chi connectivity index (χ4n) is 3.27. The van der Waals surface area contributed by atoms with E-state index in [2.05, 4.69) is 20.4 Å². The van der Waals surface area contributed by atoms with E-state index >= 15 is 0 Å². The molecule has 0 saturated carbocycles. The number of nitrogens with one attached hydrogen (secondary N) is 2. The Bertz CT molecular complexity index is 1120. The van der Waals surface area contributed by atoms with E-state index in [-0.39, 0.29) is 11.7 Å². The second kappa shape index (κ2) is 7.64. The van der Waals surface area contributed by atoms with Crippen molar-refractivity contribution in [1.29, 1.82) is 0 Å². The van der Waals surface area contributed by atoms with Crippen molar-refractivity contribution >= 4 is 22.6 Å². The van der Waals surface area contributed by atoms with E-state index in [0.29, 0.717) is 30.8 Å². The summed E-state index contributed by atoms with van der Waals surface area (Å²) in [5, 5.41) is 7.28. The molecular weight excluding hydrogens is 359 g/mol. The number of pyridine rings is 1. The summed E-state index contributed by atoms with van der Waals surface area (Å²) in [6.45, 7) is 1.76. The predicted molar refractivity (Wildman–Crippen MR) is 104 cm³/mol. The minimum Gasteiger partial charge on any atom is -0.360 e. The van der Waals surface area contributed by atoms with Crippen molar-refractivity contribution in [3.63, 3.8) is 0 Å². The maximum Gasteiger partial charge on any atom is 0.225 e. The van der Waals surface area contributed by atoms with Crippen molar-refractivity contribution in [1.82, 2.24) is 15.1 Å². The van der Waals surface area contributed by atoms with Gasteiger partial charge in [0.15, 0.2) is 5.82 Å². The molecule has 0 fully saturated rings. The Morgan fingerprint density at radius 3 is 2.89 bits per heavy atom. The molecule has 6 nitrogen and oxygen atoms in total. The lowest BCUT2D eigenvalue weighted by Crippen LogP contribution is -2.11. The van der Waals surface area contributed by atoms with Gasteiger partial charge >= 0.3 is 0 Å². The number of aromatic amines is 1. The fraction of sp³-hybridized carbons (Fsp3) is 0.190. The molecule has 142 valence electrons. The molecule has 0 atom stereocenters. The highest BCUT2D eigenvalue weighted by Gasteiger charge is 2.15. The van der Waals surface area contributed by atoms with E-state index in [1.54, 1.807) is 25.3 Å². The van der Waals surface area contributed by atoms with Gasteiger partial charge in [-0.2, -0.15) is 0 Å². The number of fused-ring (bicyclic) bond motifs is 1. The van der Waals surface area contributed by atoms with Crippen LogP contribution in [0.1, 0.15) is 24.2 Å². The van der Waals surface area contributed by atoms with Crippen molar-refractivity contribution < 1.29 is 13.7 Å². The highest BCUT2D eigenvalue weighted by atomic mass is 19.1. The van der Waals surface area contributed by atoms with Crippen LogP contribution in [0.3, 0.4) is 0 Å². The third-order valence-electron chi connectivity index (χ3n) is 4.52. The number of benzene rings is 1. The van der Waals surface area contributed by atoms with E-state index in [9.17, 15) is 9.18 Å². The van der Waals surface area contributed by atoms with Gasteiger partial charge in [0, 0.05) is 29.6 Å². The molecule has 0 aliphatic carbocycles. The second-order valence-electron chi connectivity index (χ2n) is 6.61. The standard InChI is InChI=1S/C21H19FN4O2/c1-13-11-19(26-28-13)25-20(27)7-4-5-15-16-12-14(22)8-9-17(16)24-21(15)18-6-2-3-10-23-18/h2-3,6,8-12,24H,4-5,7H2,1H3,(H,25,26,27). The van der Waals surface area contributed by atoms with Crippen molar-refractivity contribution in [3.05, 3.63) is 65.8 Å². The lowest BCUT2D eigenvalue weighted by molar-refractivity contribution is -0.116. The van der Waals surface area contributed by atoms with Crippen LogP contribution in [0.15, 0.2) is 53.2 Å². The summed E-state index contributed by atoms with van der Waals surface area (Å²) < 4.78 is 18.8. The molecule has 4 aromatic rings. The van der Waals surface area contributed by atoms with Crippen LogP contribution in [-0.2, 0) is 11.2 Å². The van der Waals surface area contributed by atoms with Crippen molar-refractivity contribution in [2.75, 3.05) is 5.32 Å². The van der Waals surface area contributed by atoms with Gasteiger partial charge in [0.1, 0.15) is 11.6 Å². The van der Waals surface area contributed by atoms with Gasteiger partial charge in [0.25, 0.3) is 0 Å². The minimum atomic E-state index is -0.292. The van der Waals surface area contributed by atoms with Gasteiger partial charge < -0.3 is 14.8 Å². The van der Waals surface area contributed by atoms with Crippen molar-refractivity contribution in [3.8, 4) is 11.4 Å². The first kappa shape index (κ1) is 17.9. The summed E-state index contributed by atoms with van der Waals surface area (Å²) >= 11 is 0. The molecule has 28 heavy (non-hydrogen) atoms. The van der Waals surface area contributed by atoms with Crippen molar-refractivity contribution in [2.24, 2.45) is 0 Å². The summed E-state index contributed by atoms with van der Waals surface area (Å²) in [6, 6.07) is 12.0. The Kier molecular flexibility index (Phi) is 4.89. The highest BCUT2D eigenvalue weighted by molar-refractivity contribution is 5.91. The third kappa shape index (κ3) is 3.78. The maximum absolute atomic E-state index is 13.8. The number of carbonyl (C=O) groups excluding carboxylic acids is 1. The van der Waals surface area contributed by atoms with Crippen LogP contribution in [0.5, 0.6) is 0 Å². The number of aryl methyl sites for hydroxylation is 2. The summed E-state index contributed by atoms with van der Waals surface area (Å²) in [4.78, 5) is 19.9. The van der Waals surface area contributed by atoms with Crippen LogP contribution in [0, 0.1) is 12.7 Å². The average molecular weight is 378 g/mol. The van der Waals surface area contributed by atoms with Gasteiger partial charge in [-0.15, -0.1) is 0 Å². The molecule has 1 aromatic carbocycles. The molecule has 0 unspecified atom stereocenters. The molecule has 0 spiro atoms.